The molecule has 0 aliphatic carbocycles. The highest BCUT2D eigenvalue weighted by Gasteiger charge is 2.30. The van der Waals surface area contributed by atoms with Gasteiger partial charge in [-0.15, -0.1) is 0 Å². The van der Waals surface area contributed by atoms with Crippen molar-refractivity contribution in [1.29, 1.82) is 5.26 Å². The summed E-state index contributed by atoms with van der Waals surface area (Å²) in [7, 11) is 3.21. The number of hydrogen-bond donors (Lipinski definition) is 1. The Balaban J connectivity index is 1.76. The Morgan fingerprint density at radius 2 is 2.03 bits per heavy atom. The number of thioether (sulfide) groups is 1. The van der Waals surface area contributed by atoms with Crippen LogP contribution in [0, 0.1) is 18.3 Å². The van der Waals surface area contributed by atoms with Crippen LogP contribution < -0.4 is 20.3 Å². The summed E-state index contributed by atoms with van der Waals surface area (Å²) in [6.45, 7) is 2.28. The monoisotopic (exact) mass is 454 g/mol. The number of nitrogens with one attached hydrogen (secondary N) is 1. The Morgan fingerprint density at radius 1 is 1.29 bits per heavy atom. The van der Waals surface area contributed by atoms with E-state index in [9.17, 15) is 14.9 Å². The molecule has 0 bridgehead atoms. The summed E-state index contributed by atoms with van der Waals surface area (Å²) < 4.78 is 12.6. The van der Waals surface area contributed by atoms with E-state index in [2.05, 4.69) is 5.32 Å². The lowest BCUT2D eigenvalue weighted by atomic mass is 10.0. The number of nitrogens with zero attached hydrogens (tertiary/aromatic N) is 3. The van der Waals surface area contributed by atoms with Gasteiger partial charge in [0.2, 0.25) is 6.79 Å². The van der Waals surface area contributed by atoms with E-state index in [0.717, 1.165) is 5.56 Å². The third-order valence-corrected chi connectivity index (χ3v) is 6.64. The van der Waals surface area contributed by atoms with Crippen molar-refractivity contribution in [2.24, 2.45) is 7.05 Å². The molecule has 158 valence electrons. The van der Waals surface area contributed by atoms with Gasteiger partial charge in [-0.2, -0.15) is 5.26 Å². The van der Waals surface area contributed by atoms with E-state index in [0.29, 0.717) is 44.2 Å². The normalized spacial score (nSPS) is 16.2. The first kappa shape index (κ1) is 21.0. The average molecular weight is 455 g/mol. The highest BCUT2D eigenvalue weighted by atomic mass is 32.2. The Labute approximate surface area is 188 Å². The first-order valence-corrected chi connectivity index (χ1v) is 10.5. The van der Waals surface area contributed by atoms with Crippen LogP contribution in [0.1, 0.15) is 22.3 Å². The number of rotatable bonds is 4. The highest BCUT2D eigenvalue weighted by molar-refractivity contribution is 8.26. The summed E-state index contributed by atoms with van der Waals surface area (Å²) in [6, 6.07) is 7.57. The summed E-state index contributed by atoms with van der Waals surface area (Å²) in [5.41, 5.74) is 1.64. The number of anilines is 1. The Bertz CT molecular complexity index is 1260. The summed E-state index contributed by atoms with van der Waals surface area (Å²) in [4.78, 5) is 27.0. The van der Waals surface area contributed by atoms with Crippen LogP contribution in [0.2, 0.25) is 0 Å². The minimum atomic E-state index is -0.409. The van der Waals surface area contributed by atoms with Crippen LogP contribution in [-0.2, 0) is 18.4 Å². The summed E-state index contributed by atoms with van der Waals surface area (Å²) >= 11 is 6.40. The van der Waals surface area contributed by atoms with E-state index in [-0.39, 0.29) is 18.3 Å². The number of fused-ring (bicyclic) bond motifs is 1. The maximum absolute atomic E-state index is 12.7. The number of benzene rings is 1. The van der Waals surface area contributed by atoms with Crippen LogP contribution in [-0.4, -0.2) is 33.5 Å². The van der Waals surface area contributed by atoms with Crippen LogP contribution in [0.5, 0.6) is 11.5 Å². The second-order valence-corrected chi connectivity index (χ2v) is 8.70. The van der Waals surface area contributed by atoms with Crippen LogP contribution in [0.4, 0.5) is 5.82 Å². The Morgan fingerprint density at radius 3 is 2.71 bits per heavy atom. The number of ether oxygens (including phenoxy) is 2. The summed E-state index contributed by atoms with van der Waals surface area (Å²) in [5, 5.41) is 12.8. The fourth-order valence-corrected chi connectivity index (χ4v) is 4.52. The number of carbonyl (C=O) groups is 1. The third-order valence-electron chi connectivity index (χ3n) is 5.16. The van der Waals surface area contributed by atoms with E-state index in [1.807, 2.05) is 24.3 Å². The zero-order valence-corrected chi connectivity index (χ0v) is 18.6. The molecule has 0 radical (unpaired) electrons. The topological polar surface area (TPSA) is 96.6 Å². The number of likely N-dealkylation sites (N-methyl/N-ethyl adjacent to an activating group) is 1. The molecule has 1 aromatic carbocycles. The van der Waals surface area contributed by atoms with Gasteiger partial charge in [-0.3, -0.25) is 19.1 Å². The fourth-order valence-electron chi connectivity index (χ4n) is 3.36. The molecule has 1 fully saturated rings. The molecule has 1 aromatic heterocycles. The van der Waals surface area contributed by atoms with Gasteiger partial charge in [0.25, 0.3) is 11.5 Å². The molecule has 0 saturated carbocycles. The molecule has 0 atom stereocenters. The van der Waals surface area contributed by atoms with Crippen molar-refractivity contribution in [2.45, 2.75) is 13.5 Å². The van der Waals surface area contributed by atoms with Crippen molar-refractivity contribution in [3.05, 3.63) is 55.7 Å². The lowest BCUT2D eigenvalue weighted by molar-refractivity contribution is -0.121. The Hall–Kier alpha value is -3.29. The van der Waals surface area contributed by atoms with E-state index in [1.165, 1.54) is 21.2 Å². The molecule has 3 heterocycles. The maximum Gasteiger partial charge on any atom is 0.270 e. The molecular weight excluding hydrogens is 436 g/mol. The molecule has 8 nitrogen and oxygen atoms in total. The standard InChI is InChI=1S/C21H18N4O4S2/c1-11-13(7-17-20(27)25(3)21(30)31-17)18(24(2)19(26)14(11)8-22)23-9-12-4-5-15-16(6-12)29-10-28-15/h4-7,23H,9-10H2,1-3H3/b17-7+. The number of amides is 1. The number of thiocarbonyl (C=S) groups is 1. The van der Waals surface area contributed by atoms with Gasteiger partial charge in [0.15, 0.2) is 11.5 Å². The van der Waals surface area contributed by atoms with E-state index in [1.54, 1.807) is 27.1 Å². The number of hydrogen-bond acceptors (Lipinski definition) is 8. The summed E-state index contributed by atoms with van der Waals surface area (Å²) in [6.07, 6.45) is 1.68. The van der Waals surface area contributed by atoms with E-state index >= 15 is 0 Å². The predicted octanol–water partition coefficient (Wildman–Crippen LogP) is 2.74. The first-order valence-electron chi connectivity index (χ1n) is 9.29. The number of pyridine rings is 1. The molecule has 10 heteroatoms. The van der Waals surface area contributed by atoms with Gasteiger partial charge < -0.3 is 14.8 Å². The van der Waals surface area contributed by atoms with Crippen LogP contribution in [0.3, 0.4) is 0 Å². The van der Waals surface area contributed by atoms with Gasteiger partial charge in [0.1, 0.15) is 21.8 Å². The highest BCUT2D eigenvalue weighted by Crippen LogP contribution is 2.35. The van der Waals surface area contributed by atoms with Gasteiger partial charge in [-0.1, -0.05) is 30.0 Å². The number of nitriles is 1. The quantitative estimate of drug-likeness (QED) is 0.557. The SMILES string of the molecule is Cc1c(/C=C2/SC(=S)N(C)C2=O)c(NCc2ccc3c(c2)OCO3)n(C)c(=O)c1C#N. The first-order chi connectivity index (χ1) is 14.8. The molecule has 0 spiro atoms. The van der Waals surface area contributed by atoms with E-state index < -0.39 is 5.56 Å². The van der Waals surface area contributed by atoms with Crippen molar-refractivity contribution in [1.82, 2.24) is 9.47 Å². The lowest BCUT2D eigenvalue weighted by Crippen LogP contribution is -2.26. The second-order valence-electron chi connectivity index (χ2n) is 7.02. The third kappa shape index (κ3) is 3.66. The molecule has 1 saturated heterocycles. The van der Waals surface area contributed by atoms with Crippen LogP contribution >= 0.6 is 24.0 Å². The lowest BCUT2D eigenvalue weighted by Gasteiger charge is -2.18. The molecule has 0 unspecified atom stereocenters. The second kappa shape index (κ2) is 8.09. The smallest absolute Gasteiger partial charge is 0.270 e. The molecular formula is C21H18N4O4S2. The molecule has 1 amide bonds. The van der Waals surface area contributed by atoms with Crippen LogP contribution in [0.15, 0.2) is 27.9 Å². The largest absolute Gasteiger partial charge is 0.454 e. The van der Waals surface area contributed by atoms with Gasteiger partial charge in [-0.25, -0.2) is 0 Å². The van der Waals surface area contributed by atoms with Crippen molar-refractivity contribution >= 4 is 46.1 Å². The van der Waals surface area contributed by atoms with Gasteiger partial charge in [0.05, 0.1) is 4.91 Å². The number of aromatic nitrogens is 1. The molecule has 4 rings (SSSR count). The van der Waals surface area contributed by atoms with Gasteiger partial charge >= 0.3 is 0 Å². The maximum atomic E-state index is 12.7. The average Bonchev–Trinajstić information content (AvgIpc) is 3.32. The number of carbonyl (C=O) groups excluding carboxylic acids is 1. The predicted molar refractivity (Wildman–Crippen MR) is 122 cm³/mol. The van der Waals surface area contributed by atoms with Crippen molar-refractivity contribution in [3.8, 4) is 17.6 Å². The van der Waals surface area contributed by atoms with E-state index in [4.69, 9.17) is 21.7 Å². The Kier molecular flexibility index (Phi) is 5.47. The molecule has 2 aliphatic rings. The fraction of sp³-hybridized carbons (Fsp3) is 0.238. The minimum absolute atomic E-state index is 0.0364. The molecule has 31 heavy (non-hydrogen) atoms. The molecule has 2 aliphatic heterocycles. The zero-order chi connectivity index (χ0) is 22.3. The van der Waals surface area contributed by atoms with Gasteiger partial charge in [0, 0.05) is 26.2 Å². The van der Waals surface area contributed by atoms with Gasteiger partial charge in [-0.05, 0) is 36.3 Å². The van der Waals surface area contributed by atoms with Crippen molar-refractivity contribution < 1.29 is 14.3 Å². The van der Waals surface area contributed by atoms with Crippen molar-refractivity contribution in [3.63, 3.8) is 0 Å². The molecule has 2 aromatic rings. The van der Waals surface area contributed by atoms with Crippen LogP contribution in [0.25, 0.3) is 6.08 Å². The summed E-state index contributed by atoms with van der Waals surface area (Å²) in [5.74, 6) is 1.63. The van der Waals surface area contributed by atoms with Crippen molar-refractivity contribution in [2.75, 3.05) is 19.2 Å². The zero-order valence-electron chi connectivity index (χ0n) is 17.0. The minimum Gasteiger partial charge on any atom is -0.454 e. The molecule has 1 N–H and O–H groups in total.